The highest BCUT2D eigenvalue weighted by atomic mass is 19.1. The molecule has 0 spiro atoms. The maximum atomic E-state index is 14.9. The Balaban J connectivity index is 1.73. The Morgan fingerprint density at radius 2 is 1.79 bits per heavy atom. The van der Waals surface area contributed by atoms with Gasteiger partial charge in [0.25, 0.3) is 0 Å². The van der Waals surface area contributed by atoms with Gasteiger partial charge in [-0.15, -0.1) is 10.2 Å². The van der Waals surface area contributed by atoms with E-state index in [4.69, 9.17) is 10.1 Å². The van der Waals surface area contributed by atoms with Crippen LogP contribution in [0.2, 0.25) is 0 Å². The molecule has 1 aliphatic rings. The van der Waals surface area contributed by atoms with Crippen molar-refractivity contribution < 1.29 is 14.3 Å². The third-order valence-corrected chi connectivity index (χ3v) is 7.09. The summed E-state index contributed by atoms with van der Waals surface area (Å²) < 4.78 is 14.9. The van der Waals surface area contributed by atoms with Crippen LogP contribution in [0.3, 0.4) is 0 Å². The molecule has 0 unspecified atom stereocenters. The van der Waals surface area contributed by atoms with Crippen LogP contribution in [0.15, 0.2) is 61.2 Å². The second kappa shape index (κ2) is 10.2. The van der Waals surface area contributed by atoms with Crippen molar-refractivity contribution in [2.75, 3.05) is 31.1 Å². The van der Waals surface area contributed by atoms with E-state index in [0.29, 0.717) is 54.5 Å². The van der Waals surface area contributed by atoms with E-state index in [1.54, 1.807) is 11.8 Å². The Morgan fingerprint density at radius 3 is 2.47 bits per heavy atom. The summed E-state index contributed by atoms with van der Waals surface area (Å²) in [6, 6.07) is 14.2. The summed E-state index contributed by atoms with van der Waals surface area (Å²) in [4.78, 5) is 20.8. The average molecular weight is 512 g/mol. The number of anilines is 1. The van der Waals surface area contributed by atoms with Crippen molar-refractivity contribution in [1.82, 2.24) is 20.1 Å². The normalized spacial score (nSPS) is 13.8. The van der Waals surface area contributed by atoms with E-state index in [0.717, 1.165) is 16.5 Å². The summed E-state index contributed by atoms with van der Waals surface area (Å²) in [6.45, 7) is 11.8. The predicted molar refractivity (Wildman–Crippen MR) is 148 cm³/mol. The lowest BCUT2D eigenvalue weighted by Crippen LogP contribution is -2.48. The zero-order valence-electron chi connectivity index (χ0n) is 21.8. The van der Waals surface area contributed by atoms with Gasteiger partial charge in [-0.2, -0.15) is 0 Å². The van der Waals surface area contributed by atoms with Crippen LogP contribution in [-0.2, 0) is 4.79 Å². The lowest BCUT2D eigenvalue weighted by Gasteiger charge is -2.35. The number of phenolic OH excluding ortho intramolecular Hbond substituents is 1. The quantitative estimate of drug-likeness (QED) is 0.358. The highest BCUT2D eigenvalue weighted by molar-refractivity contribution is 6.01. The van der Waals surface area contributed by atoms with Crippen molar-refractivity contribution in [1.29, 1.82) is 0 Å². The third kappa shape index (κ3) is 4.47. The average Bonchev–Trinajstić information content (AvgIpc) is 2.92. The summed E-state index contributed by atoms with van der Waals surface area (Å²) in [5.74, 6) is 0.0902. The number of fused-ring (bicyclic) bond motifs is 1. The molecule has 2 aromatic heterocycles. The van der Waals surface area contributed by atoms with E-state index in [1.807, 2.05) is 24.3 Å². The van der Waals surface area contributed by atoms with E-state index in [-0.39, 0.29) is 23.1 Å². The largest absolute Gasteiger partial charge is 0.507 e. The number of aromatic hydroxyl groups is 1. The number of hydrogen-bond donors (Lipinski definition) is 1. The van der Waals surface area contributed by atoms with Gasteiger partial charge in [0.2, 0.25) is 5.91 Å². The van der Waals surface area contributed by atoms with Crippen LogP contribution in [0.1, 0.15) is 31.0 Å². The molecule has 1 saturated heterocycles. The molecule has 0 atom stereocenters. The number of phenols is 1. The summed E-state index contributed by atoms with van der Waals surface area (Å²) >= 11 is 0. The van der Waals surface area contributed by atoms with Crippen LogP contribution < -0.4 is 4.90 Å². The van der Waals surface area contributed by atoms with Crippen molar-refractivity contribution in [2.45, 2.75) is 26.7 Å². The number of carbonyl (C=O) groups is 1. The Hall–Kier alpha value is -4.33. The molecule has 4 aromatic rings. The molecule has 1 N–H and O–H groups in total. The van der Waals surface area contributed by atoms with Gasteiger partial charge in [-0.1, -0.05) is 50.8 Å². The Morgan fingerprint density at radius 1 is 1.05 bits per heavy atom. The van der Waals surface area contributed by atoms with E-state index >= 15 is 0 Å². The minimum Gasteiger partial charge on any atom is -0.507 e. The molecule has 0 radical (unpaired) electrons. The smallest absolute Gasteiger partial charge is 0.246 e. The molecule has 0 saturated carbocycles. The summed E-state index contributed by atoms with van der Waals surface area (Å²) in [6.07, 6.45) is 1.33. The van der Waals surface area contributed by atoms with Gasteiger partial charge in [-0.3, -0.25) is 4.79 Å². The number of pyridine rings is 1. The van der Waals surface area contributed by atoms with Crippen LogP contribution in [0.5, 0.6) is 5.75 Å². The third-order valence-electron chi connectivity index (χ3n) is 7.09. The van der Waals surface area contributed by atoms with Gasteiger partial charge < -0.3 is 14.9 Å². The molecule has 1 amide bonds. The van der Waals surface area contributed by atoms with Gasteiger partial charge in [0.1, 0.15) is 22.8 Å². The molecule has 194 valence electrons. The van der Waals surface area contributed by atoms with Crippen molar-refractivity contribution in [3.63, 3.8) is 0 Å². The van der Waals surface area contributed by atoms with Crippen molar-refractivity contribution in [2.24, 2.45) is 0 Å². The lowest BCUT2D eigenvalue weighted by atomic mass is 9.92. The van der Waals surface area contributed by atoms with Gasteiger partial charge in [-0.25, -0.2) is 9.37 Å². The summed E-state index contributed by atoms with van der Waals surface area (Å²) in [5.41, 5.74) is 4.52. The van der Waals surface area contributed by atoms with Crippen LogP contribution >= 0.6 is 0 Å². The molecule has 8 heteroatoms. The fourth-order valence-corrected chi connectivity index (χ4v) is 5.08. The first-order chi connectivity index (χ1) is 18.3. The Kier molecular flexibility index (Phi) is 6.80. The first-order valence-corrected chi connectivity index (χ1v) is 12.7. The fraction of sp³-hybridized carbons (Fsp3) is 0.267. The zero-order valence-corrected chi connectivity index (χ0v) is 21.8. The SMILES string of the molecule is C=CC(=O)N1CCN(c2nnc(-c3ccccc3C(C)C)c3cc(-c4c(O)cccc4F)c(C)nc23)CC1. The lowest BCUT2D eigenvalue weighted by molar-refractivity contribution is -0.126. The number of piperazine rings is 1. The van der Waals surface area contributed by atoms with Crippen molar-refractivity contribution in [3.8, 4) is 28.1 Å². The molecule has 1 fully saturated rings. The molecule has 1 aliphatic heterocycles. The van der Waals surface area contributed by atoms with Gasteiger partial charge in [0.15, 0.2) is 5.82 Å². The maximum absolute atomic E-state index is 14.9. The summed E-state index contributed by atoms with van der Waals surface area (Å²) in [7, 11) is 0. The van der Waals surface area contributed by atoms with Crippen LogP contribution in [0.25, 0.3) is 33.3 Å². The van der Waals surface area contributed by atoms with E-state index in [2.05, 4.69) is 36.5 Å². The second-order valence-electron chi connectivity index (χ2n) is 9.78. The topological polar surface area (TPSA) is 82.5 Å². The highest BCUT2D eigenvalue weighted by Crippen LogP contribution is 2.40. The molecular formula is C30H30FN5O2. The number of hydrogen-bond acceptors (Lipinski definition) is 6. The number of nitrogens with zero attached hydrogens (tertiary/aromatic N) is 5. The van der Waals surface area contributed by atoms with E-state index in [1.165, 1.54) is 24.3 Å². The Labute approximate surface area is 221 Å². The molecule has 7 nitrogen and oxygen atoms in total. The number of rotatable bonds is 5. The van der Waals surface area contributed by atoms with Gasteiger partial charge >= 0.3 is 0 Å². The molecular weight excluding hydrogens is 481 g/mol. The Bertz CT molecular complexity index is 1520. The van der Waals surface area contributed by atoms with Crippen molar-refractivity contribution in [3.05, 3.63) is 78.3 Å². The maximum Gasteiger partial charge on any atom is 0.246 e. The monoisotopic (exact) mass is 511 g/mol. The van der Waals surface area contributed by atoms with Crippen LogP contribution in [0, 0.1) is 12.7 Å². The molecule has 3 heterocycles. The first kappa shape index (κ1) is 25.3. The van der Waals surface area contributed by atoms with Gasteiger partial charge in [-0.05, 0) is 42.7 Å². The predicted octanol–water partition coefficient (Wildman–Crippen LogP) is 5.47. The minimum atomic E-state index is -0.524. The minimum absolute atomic E-state index is 0.0930. The van der Waals surface area contributed by atoms with Gasteiger partial charge in [0, 0.05) is 48.4 Å². The van der Waals surface area contributed by atoms with Crippen LogP contribution in [0.4, 0.5) is 10.2 Å². The molecule has 0 bridgehead atoms. The standard InChI is InChI=1S/C30H30FN5O2/c1-5-26(38)35-13-15-36(16-14-35)30-29-23(28(33-34-30)21-10-7-6-9-20(21)18(2)3)17-22(19(4)32-29)27-24(31)11-8-12-25(27)37/h5-12,17-18,37H,1,13-16H2,2-4H3. The van der Waals surface area contributed by atoms with E-state index in [9.17, 15) is 14.3 Å². The number of benzene rings is 2. The molecule has 5 rings (SSSR count). The number of aryl methyl sites for hydroxylation is 1. The molecule has 2 aromatic carbocycles. The van der Waals surface area contributed by atoms with Crippen LogP contribution in [-0.4, -0.2) is 57.3 Å². The number of carbonyl (C=O) groups excluding carboxylic acids is 1. The number of aromatic nitrogens is 3. The van der Waals surface area contributed by atoms with E-state index < -0.39 is 5.82 Å². The number of halogens is 1. The molecule has 38 heavy (non-hydrogen) atoms. The zero-order chi connectivity index (χ0) is 27.0. The number of amides is 1. The summed E-state index contributed by atoms with van der Waals surface area (Å²) in [5, 5.41) is 20.6. The van der Waals surface area contributed by atoms with Crippen molar-refractivity contribution >= 4 is 22.6 Å². The first-order valence-electron chi connectivity index (χ1n) is 12.7. The highest BCUT2D eigenvalue weighted by Gasteiger charge is 2.26. The second-order valence-corrected chi connectivity index (χ2v) is 9.78. The van der Waals surface area contributed by atoms with Gasteiger partial charge in [0.05, 0.1) is 5.56 Å². The fourth-order valence-electron chi connectivity index (χ4n) is 5.08. The molecule has 0 aliphatic carbocycles.